The SMILES string of the molecule is CCCOC(=O)c1c(C)nc(C)c(C(=O)OC(C)C)c1-c1cccc([N+](=O)[O-])c1. The Morgan fingerprint density at radius 3 is 2.31 bits per heavy atom. The normalized spacial score (nSPS) is 10.7. The lowest BCUT2D eigenvalue weighted by atomic mass is 9.92. The van der Waals surface area contributed by atoms with Crippen molar-refractivity contribution in [1.29, 1.82) is 0 Å². The molecule has 0 bridgehead atoms. The summed E-state index contributed by atoms with van der Waals surface area (Å²) in [7, 11) is 0. The maximum atomic E-state index is 12.8. The molecule has 0 amide bonds. The van der Waals surface area contributed by atoms with Gasteiger partial charge in [-0.1, -0.05) is 19.1 Å². The van der Waals surface area contributed by atoms with Crippen LogP contribution in [0.3, 0.4) is 0 Å². The van der Waals surface area contributed by atoms with Gasteiger partial charge in [-0.3, -0.25) is 15.1 Å². The molecule has 0 aliphatic rings. The van der Waals surface area contributed by atoms with Crippen molar-refractivity contribution in [3.63, 3.8) is 0 Å². The standard InChI is InChI=1S/C21H24N2O6/c1-6-10-28-20(24)17-13(4)22-14(5)18(21(25)29-12(2)3)19(17)15-8-7-9-16(11-15)23(26)27/h7-9,11-12H,6,10H2,1-5H3. The van der Waals surface area contributed by atoms with Crippen molar-refractivity contribution in [3.8, 4) is 11.1 Å². The molecule has 0 radical (unpaired) electrons. The van der Waals surface area contributed by atoms with Gasteiger partial charge in [0.2, 0.25) is 0 Å². The topological polar surface area (TPSA) is 109 Å². The van der Waals surface area contributed by atoms with Crippen LogP contribution in [0.5, 0.6) is 0 Å². The molecule has 0 aliphatic carbocycles. The predicted molar refractivity (Wildman–Crippen MR) is 107 cm³/mol. The fraction of sp³-hybridized carbons (Fsp3) is 0.381. The van der Waals surface area contributed by atoms with Crippen LogP contribution in [-0.4, -0.2) is 34.6 Å². The van der Waals surface area contributed by atoms with Crippen LogP contribution in [0, 0.1) is 24.0 Å². The van der Waals surface area contributed by atoms with Crippen molar-refractivity contribution in [2.24, 2.45) is 0 Å². The van der Waals surface area contributed by atoms with Crippen LogP contribution in [0.1, 0.15) is 59.3 Å². The van der Waals surface area contributed by atoms with E-state index in [2.05, 4.69) is 4.98 Å². The summed E-state index contributed by atoms with van der Waals surface area (Å²) in [4.78, 5) is 40.7. The Kier molecular flexibility index (Phi) is 7.03. The lowest BCUT2D eigenvalue weighted by Crippen LogP contribution is -2.19. The molecule has 1 aromatic carbocycles. The molecule has 2 rings (SSSR count). The number of esters is 2. The minimum Gasteiger partial charge on any atom is -0.462 e. The third-order valence-electron chi connectivity index (χ3n) is 4.09. The van der Waals surface area contributed by atoms with E-state index < -0.39 is 23.0 Å². The Morgan fingerprint density at radius 1 is 1.14 bits per heavy atom. The van der Waals surface area contributed by atoms with Crippen LogP contribution in [-0.2, 0) is 9.47 Å². The van der Waals surface area contributed by atoms with Gasteiger partial charge < -0.3 is 9.47 Å². The summed E-state index contributed by atoms with van der Waals surface area (Å²) in [6.45, 7) is 8.74. The lowest BCUT2D eigenvalue weighted by Gasteiger charge is -2.18. The molecule has 0 atom stereocenters. The first-order chi connectivity index (χ1) is 13.7. The second kappa shape index (κ2) is 9.27. The first kappa shape index (κ1) is 22.0. The molecule has 0 saturated carbocycles. The van der Waals surface area contributed by atoms with Gasteiger partial charge >= 0.3 is 11.9 Å². The third-order valence-corrected chi connectivity index (χ3v) is 4.09. The van der Waals surface area contributed by atoms with Crippen LogP contribution >= 0.6 is 0 Å². The van der Waals surface area contributed by atoms with Crippen LogP contribution in [0.4, 0.5) is 5.69 Å². The number of carbonyl (C=O) groups excluding carboxylic acids is 2. The third kappa shape index (κ3) is 4.96. The zero-order chi connectivity index (χ0) is 21.7. The summed E-state index contributed by atoms with van der Waals surface area (Å²) in [6.07, 6.45) is 0.231. The number of hydrogen-bond donors (Lipinski definition) is 0. The van der Waals surface area contributed by atoms with Crippen molar-refractivity contribution in [3.05, 3.63) is 56.9 Å². The minimum absolute atomic E-state index is 0.0910. The van der Waals surface area contributed by atoms with Gasteiger partial charge in [0.15, 0.2) is 0 Å². The van der Waals surface area contributed by atoms with Gasteiger partial charge in [-0.2, -0.15) is 0 Å². The number of non-ortho nitro benzene ring substituents is 1. The summed E-state index contributed by atoms with van der Waals surface area (Å²) in [6, 6.07) is 5.75. The van der Waals surface area contributed by atoms with E-state index in [-0.39, 0.29) is 29.0 Å². The molecule has 29 heavy (non-hydrogen) atoms. The van der Waals surface area contributed by atoms with Crippen molar-refractivity contribution in [1.82, 2.24) is 4.98 Å². The van der Waals surface area contributed by atoms with E-state index >= 15 is 0 Å². The van der Waals surface area contributed by atoms with Crippen molar-refractivity contribution in [2.75, 3.05) is 6.61 Å². The predicted octanol–water partition coefficient (Wildman–Crippen LogP) is 4.41. The first-order valence-corrected chi connectivity index (χ1v) is 9.31. The highest BCUT2D eigenvalue weighted by Gasteiger charge is 2.29. The van der Waals surface area contributed by atoms with Crippen molar-refractivity contribution < 1.29 is 24.0 Å². The second-order valence-corrected chi connectivity index (χ2v) is 6.81. The number of nitro groups is 1. The van der Waals surface area contributed by atoms with Gasteiger partial charge in [0.25, 0.3) is 5.69 Å². The first-order valence-electron chi connectivity index (χ1n) is 9.31. The van der Waals surface area contributed by atoms with E-state index in [0.717, 1.165) is 0 Å². The number of benzene rings is 1. The van der Waals surface area contributed by atoms with Crippen molar-refractivity contribution in [2.45, 2.75) is 47.1 Å². The molecule has 1 aromatic heterocycles. The summed E-state index contributed by atoms with van der Waals surface area (Å²) >= 11 is 0. The number of rotatable bonds is 7. The lowest BCUT2D eigenvalue weighted by molar-refractivity contribution is -0.384. The molecule has 0 unspecified atom stereocenters. The Morgan fingerprint density at radius 2 is 1.76 bits per heavy atom. The van der Waals surface area contributed by atoms with Gasteiger partial charge in [0.1, 0.15) is 0 Å². The molecule has 0 aliphatic heterocycles. The van der Waals surface area contributed by atoms with E-state index in [0.29, 0.717) is 23.4 Å². The van der Waals surface area contributed by atoms with Gasteiger partial charge in [-0.25, -0.2) is 9.59 Å². The average molecular weight is 400 g/mol. The second-order valence-electron chi connectivity index (χ2n) is 6.81. The number of pyridine rings is 1. The van der Waals surface area contributed by atoms with E-state index in [1.807, 2.05) is 6.92 Å². The summed E-state index contributed by atoms with van der Waals surface area (Å²) < 4.78 is 10.6. The Labute approximate surface area is 169 Å². The maximum Gasteiger partial charge on any atom is 0.340 e. The van der Waals surface area contributed by atoms with Crippen molar-refractivity contribution >= 4 is 17.6 Å². The Bertz CT molecular complexity index is 952. The summed E-state index contributed by atoms with van der Waals surface area (Å²) in [5, 5.41) is 11.3. The van der Waals surface area contributed by atoms with Gasteiger partial charge in [0.05, 0.1) is 40.1 Å². The molecule has 0 saturated heterocycles. The molecule has 8 nitrogen and oxygen atoms in total. The van der Waals surface area contributed by atoms with Crippen LogP contribution in [0.25, 0.3) is 11.1 Å². The van der Waals surface area contributed by atoms with E-state index in [4.69, 9.17) is 9.47 Å². The molecule has 1 heterocycles. The molecule has 0 spiro atoms. The monoisotopic (exact) mass is 400 g/mol. The van der Waals surface area contributed by atoms with Crippen LogP contribution in [0.2, 0.25) is 0 Å². The minimum atomic E-state index is -0.656. The smallest absolute Gasteiger partial charge is 0.340 e. The number of ether oxygens (including phenoxy) is 2. The zero-order valence-electron chi connectivity index (χ0n) is 17.1. The zero-order valence-corrected chi connectivity index (χ0v) is 17.1. The van der Waals surface area contributed by atoms with Crippen LogP contribution < -0.4 is 0 Å². The number of aromatic nitrogens is 1. The highest BCUT2D eigenvalue weighted by atomic mass is 16.6. The quantitative estimate of drug-likeness (QED) is 0.385. The molecule has 0 N–H and O–H groups in total. The molecular weight excluding hydrogens is 376 g/mol. The molecule has 2 aromatic rings. The number of hydrogen-bond acceptors (Lipinski definition) is 7. The molecule has 8 heteroatoms. The fourth-order valence-corrected chi connectivity index (χ4v) is 2.95. The molecule has 154 valence electrons. The Hall–Kier alpha value is -3.29. The van der Waals surface area contributed by atoms with Gasteiger partial charge in [-0.15, -0.1) is 0 Å². The van der Waals surface area contributed by atoms with E-state index in [1.165, 1.54) is 18.2 Å². The summed E-state index contributed by atoms with van der Waals surface area (Å²) in [5.41, 5.74) is 1.32. The largest absolute Gasteiger partial charge is 0.462 e. The highest BCUT2D eigenvalue weighted by molar-refractivity contribution is 6.07. The highest BCUT2D eigenvalue weighted by Crippen LogP contribution is 2.34. The number of nitrogens with zero attached hydrogens (tertiary/aromatic N) is 2. The average Bonchev–Trinajstić information content (AvgIpc) is 2.64. The Balaban J connectivity index is 2.84. The van der Waals surface area contributed by atoms with Crippen LogP contribution in [0.15, 0.2) is 24.3 Å². The van der Waals surface area contributed by atoms with Gasteiger partial charge in [-0.05, 0) is 39.7 Å². The number of aryl methyl sites for hydroxylation is 2. The number of carbonyl (C=O) groups is 2. The van der Waals surface area contributed by atoms with Gasteiger partial charge in [0, 0.05) is 17.7 Å². The summed E-state index contributed by atoms with van der Waals surface area (Å²) in [5.74, 6) is -1.30. The fourth-order valence-electron chi connectivity index (χ4n) is 2.95. The van der Waals surface area contributed by atoms with E-state index in [1.54, 1.807) is 33.8 Å². The maximum absolute atomic E-state index is 12.8. The van der Waals surface area contributed by atoms with E-state index in [9.17, 15) is 19.7 Å². The number of nitro benzene ring substituents is 1. The molecule has 0 fully saturated rings. The molecular formula is C21H24N2O6.